The van der Waals surface area contributed by atoms with Gasteiger partial charge in [0.05, 0.1) is 5.69 Å². The van der Waals surface area contributed by atoms with Crippen molar-refractivity contribution >= 4 is 17.6 Å². The molecule has 0 radical (unpaired) electrons. The highest BCUT2D eigenvalue weighted by Crippen LogP contribution is 2.29. The highest BCUT2D eigenvalue weighted by atomic mass is 16.2. The number of hydrogen-bond donors (Lipinski definition) is 1. The van der Waals surface area contributed by atoms with E-state index in [1.807, 2.05) is 73.7 Å². The average Bonchev–Trinajstić information content (AvgIpc) is 2.94. The lowest BCUT2D eigenvalue weighted by atomic mass is 9.91. The molecule has 4 rings (SSSR count). The summed E-state index contributed by atoms with van der Waals surface area (Å²) in [6.45, 7) is 2.60. The number of rotatable bonds is 5. The fourth-order valence-corrected chi connectivity index (χ4v) is 3.56. The van der Waals surface area contributed by atoms with E-state index in [9.17, 15) is 4.79 Å². The number of carbonyl (C=O) groups is 1. The molecule has 1 saturated heterocycles. The highest BCUT2D eigenvalue weighted by molar-refractivity contribution is 6.09. The number of guanidine groups is 1. The van der Waals surface area contributed by atoms with Crippen molar-refractivity contribution in [3.63, 3.8) is 0 Å². The number of nitrogens with zero attached hydrogens (tertiary/aromatic N) is 2. The van der Waals surface area contributed by atoms with E-state index in [0.29, 0.717) is 18.9 Å². The van der Waals surface area contributed by atoms with Gasteiger partial charge in [0.2, 0.25) is 5.96 Å². The van der Waals surface area contributed by atoms with Crippen LogP contribution in [0.15, 0.2) is 96.0 Å². The summed E-state index contributed by atoms with van der Waals surface area (Å²) in [5, 5.41) is 3.02. The Balaban J connectivity index is 1.73. The van der Waals surface area contributed by atoms with Gasteiger partial charge >= 0.3 is 0 Å². The maximum absolute atomic E-state index is 13.1. The molecular formula is C24H23N3O. The van der Waals surface area contributed by atoms with Crippen LogP contribution < -0.4 is 5.32 Å². The predicted octanol–water partition coefficient (Wildman–Crippen LogP) is 4.31. The quantitative estimate of drug-likeness (QED) is 0.728. The van der Waals surface area contributed by atoms with Crippen molar-refractivity contribution in [2.45, 2.75) is 25.4 Å². The van der Waals surface area contributed by atoms with Crippen LogP contribution in [-0.2, 0) is 17.8 Å². The van der Waals surface area contributed by atoms with Gasteiger partial charge in [0.15, 0.2) is 0 Å². The van der Waals surface area contributed by atoms with E-state index >= 15 is 0 Å². The van der Waals surface area contributed by atoms with Crippen LogP contribution in [0.1, 0.15) is 18.1 Å². The van der Waals surface area contributed by atoms with Crippen molar-refractivity contribution in [3.05, 3.63) is 102 Å². The number of aliphatic imine (C=N–C) groups is 1. The third-order valence-electron chi connectivity index (χ3n) is 5.13. The monoisotopic (exact) mass is 369 g/mol. The zero-order valence-corrected chi connectivity index (χ0v) is 15.9. The fraction of sp³-hybridized carbons (Fsp3) is 0.167. The molecule has 3 aromatic rings. The van der Waals surface area contributed by atoms with Crippen LogP contribution in [0.3, 0.4) is 0 Å². The van der Waals surface area contributed by atoms with Crippen molar-refractivity contribution in [3.8, 4) is 0 Å². The predicted molar refractivity (Wildman–Crippen MR) is 112 cm³/mol. The average molecular weight is 369 g/mol. The molecule has 0 saturated carbocycles. The van der Waals surface area contributed by atoms with Crippen LogP contribution in [0.25, 0.3) is 0 Å². The van der Waals surface area contributed by atoms with Crippen molar-refractivity contribution in [1.82, 2.24) is 10.2 Å². The molecule has 0 bridgehead atoms. The molecule has 1 aliphatic heterocycles. The molecule has 1 aliphatic rings. The number of nitrogens with one attached hydrogen (secondary N) is 1. The van der Waals surface area contributed by atoms with E-state index < -0.39 is 5.54 Å². The summed E-state index contributed by atoms with van der Waals surface area (Å²) >= 11 is 0. The Labute approximate surface area is 165 Å². The number of para-hydroxylation sites is 1. The van der Waals surface area contributed by atoms with E-state index in [4.69, 9.17) is 4.99 Å². The van der Waals surface area contributed by atoms with E-state index in [2.05, 4.69) is 34.5 Å². The van der Waals surface area contributed by atoms with Crippen molar-refractivity contribution in [2.75, 3.05) is 0 Å². The number of hydrogen-bond acceptors (Lipinski definition) is 2. The van der Waals surface area contributed by atoms with Crippen LogP contribution in [0.5, 0.6) is 0 Å². The van der Waals surface area contributed by atoms with Crippen LogP contribution >= 0.6 is 0 Å². The molecule has 3 aromatic carbocycles. The lowest BCUT2D eigenvalue weighted by molar-refractivity contribution is -0.126. The Bertz CT molecular complexity index is 971. The molecule has 4 heteroatoms. The van der Waals surface area contributed by atoms with Crippen LogP contribution in [-0.4, -0.2) is 22.3 Å². The van der Waals surface area contributed by atoms with E-state index in [1.54, 1.807) is 0 Å². The molecule has 28 heavy (non-hydrogen) atoms. The maximum Gasteiger partial charge on any atom is 0.252 e. The van der Waals surface area contributed by atoms with Gasteiger partial charge in [-0.2, -0.15) is 0 Å². The third kappa shape index (κ3) is 3.67. The Kier molecular flexibility index (Phi) is 4.94. The molecule has 1 amide bonds. The lowest BCUT2D eigenvalue weighted by Crippen LogP contribution is -2.48. The molecule has 0 aromatic heterocycles. The van der Waals surface area contributed by atoms with Gasteiger partial charge in [-0.05, 0) is 30.2 Å². The highest BCUT2D eigenvalue weighted by Gasteiger charge is 2.47. The van der Waals surface area contributed by atoms with E-state index in [1.165, 1.54) is 0 Å². The minimum atomic E-state index is -0.717. The van der Waals surface area contributed by atoms with Crippen molar-refractivity contribution in [1.29, 1.82) is 0 Å². The number of amides is 1. The summed E-state index contributed by atoms with van der Waals surface area (Å²) in [4.78, 5) is 19.9. The smallest absolute Gasteiger partial charge is 0.252 e. The molecule has 1 heterocycles. The Morgan fingerprint density at radius 2 is 1.36 bits per heavy atom. The van der Waals surface area contributed by atoms with Gasteiger partial charge in [-0.15, -0.1) is 0 Å². The first kappa shape index (κ1) is 18.0. The van der Waals surface area contributed by atoms with Crippen molar-refractivity contribution < 1.29 is 4.79 Å². The normalized spacial score (nSPS) is 20.4. The van der Waals surface area contributed by atoms with Gasteiger partial charge in [0, 0.05) is 13.0 Å². The molecule has 0 aliphatic carbocycles. The van der Waals surface area contributed by atoms with Crippen molar-refractivity contribution in [2.24, 2.45) is 4.99 Å². The summed E-state index contributed by atoms with van der Waals surface area (Å²) < 4.78 is 0. The molecule has 1 fully saturated rings. The molecule has 4 nitrogen and oxygen atoms in total. The van der Waals surface area contributed by atoms with Gasteiger partial charge in [-0.25, -0.2) is 4.99 Å². The SMILES string of the molecule is CC1(Cc2ccccc2)C(=O)NC(=Nc2ccccc2)N1Cc1ccccc1. The first-order chi connectivity index (χ1) is 13.6. The van der Waals surface area contributed by atoms with Crippen LogP contribution in [0.2, 0.25) is 0 Å². The Hall–Kier alpha value is -3.40. The topological polar surface area (TPSA) is 44.7 Å². The fourth-order valence-electron chi connectivity index (χ4n) is 3.56. The second kappa shape index (κ2) is 7.69. The first-order valence-corrected chi connectivity index (χ1v) is 9.46. The van der Waals surface area contributed by atoms with Crippen LogP contribution in [0, 0.1) is 0 Å². The summed E-state index contributed by atoms with van der Waals surface area (Å²) in [5.74, 6) is 0.570. The minimum absolute atomic E-state index is 0.0260. The zero-order chi connectivity index (χ0) is 19.4. The zero-order valence-electron chi connectivity index (χ0n) is 15.9. The molecule has 0 spiro atoms. The summed E-state index contributed by atoms with van der Waals surface area (Å²) in [6.07, 6.45) is 0.611. The molecule has 140 valence electrons. The van der Waals surface area contributed by atoms with Gasteiger partial charge in [0.1, 0.15) is 5.54 Å². The first-order valence-electron chi connectivity index (χ1n) is 9.46. The number of benzene rings is 3. The molecule has 1 N–H and O–H groups in total. The molecule has 1 unspecified atom stereocenters. The summed E-state index contributed by atoms with van der Waals surface area (Å²) in [7, 11) is 0. The minimum Gasteiger partial charge on any atom is -0.323 e. The van der Waals surface area contributed by atoms with Gasteiger partial charge in [0.25, 0.3) is 5.91 Å². The second-order valence-corrected chi connectivity index (χ2v) is 7.23. The summed E-state index contributed by atoms with van der Waals surface area (Å²) in [6, 6.07) is 30.0. The summed E-state index contributed by atoms with van der Waals surface area (Å²) in [5.41, 5.74) is 2.36. The van der Waals surface area contributed by atoms with Gasteiger partial charge in [-0.3, -0.25) is 10.1 Å². The second-order valence-electron chi connectivity index (χ2n) is 7.23. The largest absolute Gasteiger partial charge is 0.323 e. The van der Waals surface area contributed by atoms with Gasteiger partial charge in [-0.1, -0.05) is 78.9 Å². The molecular weight excluding hydrogens is 346 g/mol. The third-order valence-corrected chi connectivity index (χ3v) is 5.13. The Morgan fingerprint density at radius 1 is 0.821 bits per heavy atom. The van der Waals surface area contributed by atoms with E-state index in [-0.39, 0.29) is 5.91 Å². The lowest BCUT2D eigenvalue weighted by Gasteiger charge is -2.33. The molecule has 1 atom stereocenters. The maximum atomic E-state index is 13.1. The standard InChI is InChI=1S/C24H23N3O/c1-24(17-19-11-5-2-6-12-19)22(28)26-23(25-21-15-9-4-10-16-21)27(24)18-20-13-7-3-8-14-20/h2-16H,17-18H2,1H3,(H,25,26,28). The Morgan fingerprint density at radius 3 is 1.96 bits per heavy atom. The van der Waals surface area contributed by atoms with E-state index in [0.717, 1.165) is 16.8 Å². The van der Waals surface area contributed by atoms with Crippen LogP contribution in [0.4, 0.5) is 5.69 Å². The number of carbonyl (C=O) groups excluding carboxylic acids is 1. The van der Waals surface area contributed by atoms with Gasteiger partial charge < -0.3 is 4.90 Å².